The van der Waals surface area contributed by atoms with Crippen LogP contribution >= 0.6 is 22.9 Å². The number of aliphatic hydroxyl groups is 2. The number of pyridine rings is 1. The van der Waals surface area contributed by atoms with E-state index in [1.54, 1.807) is 24.6 Å². The van der Waals surface area contributed by atoms with E-state index >= 15 is 0 Å². The zero-order chi connectivity index (χ0) is 23.3. The van der Waals surface area contributed by atoms with E-state index in [1.165, 1.54) is 0 Å². The van der Waals surface area contributed by atoms with Crippen molar-refractivity contribution in [3.63, 3.8) is 0 Å². The highest BCUT2D eigenvalue weighted by Crippen LogP contribution is 2.40. The minimum Gasteiger partial charge on any atom is -0.497 e. The number of benzene rings is 1. The molecule has 7 heteroatoms. The van der Waals surface area contributed by atoms with Gasteiger partial charge in [-0.05, 0) is 73.8 Å². The number of thiophene rings is 1. The number of hydrogen-bond acceptors (Lipinski definition) is 6. The van der Waals surface area contributed by atoms with Gasteiger partial charge in [0.05, 0.1) is 35.2 Å². The topological polar surface area (TPSA) is 65.8 Å². The quantitative estimate of drug-likeness (QED) is 0.467. The second-order valence-corrected chi connectivity index (χ2v) is 10.0. The number of nitrogens with zero attached hydrogens (tertiary/aromatic N) is 2. The van der Waals surface area contributed by atoms with E-state index in [0.29, 0.717) is 22.8 Å². The molecule has 0 amide bonds. The first kappa shape index (κ1) is 24.0. The molecule has 33 heavy (non-hydrogen) atoms. The van der Waals surface area contributed by atoms with Gasteiger partial charge in [-0.2, -0.15) is 0 Å². The van der Waals surface area contributed by atoms with Crippen molar-refractivity contribution in [2.24, 2.45) is 5.41 Å². The van der Waals surface area contributed by atoms with Gasteiger partial charge in [-0.25, -0.2) is 0 Å². The van der Waals surface area contributed by atoms with E-state index in [9.17, 15) is 10.2 Å². The first-order valence-electron chi connectivity index (χ1n) is 11.2. The highest BCUT2D eigenvalue weighted by Gasteiger charge is 2.34. The first-order chi connectivity index (χ1) is 16.0. The molecule has 0 bridgehead atoms. The number of methoxy groups -OCH3 is 1. The van der Waals surface area contributed by atoms with Crippen LogP contribution in [0.2, 0.25) is 5.02 Å². The van der Waals surface area contributed by atoms with E-state index in [4.69, 9.17) is 16.3 Å². The Kier molecular flexibility index (Phi) is 7.90. The third-order valence-electron chi connectivity index (χ3n) is 6.64. The summed E-state index contributed by atoms with van der Waals surface area (Å²) < 4.78 is 5.35. The highest BCUT2D eigenvalue weighted by molar-refractivity contribution is 7.10. The van der Waals surface area contributed by atoms with Crippen LogP contribution in [0, 0.1) is 17.3 Å². The summed E-state index contributed by atoms with van der Waals surface area (Å²) in [6, 6.07) is 9.62. The maximum atomic E-state index is 11.1. The van der Waals surface area contributed by atoms with E-state index in [0.717, 1.165) is 54.7 Å². The molecule has 0 spiro atoms. The van der Waals surface area contributed by atoms with Gasteiger partial charge in [0.2, 0.25) is 0 Å². The molecule has 1 aliphatic rings. The molecular formula is C26H29ClN2O3S. The molecule has 3 aromatic rings. The predicted octanol–water partition coefficient (Wildman–Crippen LogP) is 4.90. The molecule has 2 aromatic heterocycles. The predicted molar refractivity (Wildman–Crippen MR) is 134 cm³/mol. The van der Waals surface area contributed by atoms with Crippen molar-refractivity contribution in [3.8, 4) is 17.6 Å². The summed E-state index contributed by atoms with van der Waals surface area (Å²) in [6.07, 6.45) is 3.86. The number of halogens is 1. The Morgan fingerprint density at radius 3 is 2.82 bits per heavy atom. The summed E-state index contributed by atoms with van der Waals surface area (Å²) in [7, 11) is 1.61. The standard InChI is InChI=1S/C26H29ClN2O3S/c1-32-19-6-7-23-21(16-19)25(22(27)17-28-23)24(31)8-9-26(18-30)10-13-29(14-11-26)12-2-4-20-5-3-15-33-20/h3,5-7,15-17,24,30-31H,8-14,18H2,1H3/t24-/m1/s1. The molecule has 2 N–H and O–H groups in total. The number of aromatic nitrogens is 1. The molecule has 5 nitrogen and oxygen atoms in total. The van der Waals surface area contributed by atoms with Crippen molar-refractivity contribution in [3.05, 3.63) is 57.4 Å². The number of rotatable bonds is 7. The normalized spacial score (nSPS) is 16.8. The van der Waals surface area contributed by atoms with Crippen LogP contribution < -0.4 is 4.74 Å². The molecule has 3 heterocycles. The second-order valence-electron chi connectivity index (χ2n) is 8.67. The van der Waals surface area contributed by atoms with Crippen LogP contribution in [-0.2, 0) is 0 Å². The zero-order valence-electron chi connectivity index (χ0n) is 18.8. The fourth-order valence-corrected chi connectivity index (χ4v) is 5.35. The van der Waals surface area contributed by atoms with Gasteiger partial charge in [-0.1, -0.05) is 29.5 Å². The lowest BCUT2D eigenvalue weighted by Gasteiger charge is -2.40. The fourth-order valence-electron chi connectivity index (χ4n) is 4.48. The van der Waals surface area contributed by atoms with Crippen LogP contribution in [0.1, 0.15) is 42.2 Å². The minimum absolute atomic E-state index is 0.118. The van der Waals surface area contributed by atoms with Gasteiger partial charge < -0.3 is 14.9 Å². The Morgan fingerprint density at radius 2 is 2.12 bits per heavy atom. The molecule has 4 rings (SSSR count). The number of ether oxygens (including phenoxy) is 1. The molecule has 1 atom stereocenters. The lowest BCUT2D eigenvalue weighted by Crippen LogP contribution is -2.42. The third kappa shape index (κ3) is 5.68. The zero-order valence-corrected chi connectivity index (χ0v) is 20.3. The van der Waals surface area contributed by atoms with Crippen molar-refractivity contribution in [2.45, 2.75) is 31.8 Å². The van der Waals surface area contributed by atoms with Crippen molar-refractivity contribution in [1.82, 2.24) is 9.88 Å². The monoisotopic (exact) mass is 484 g/mol. The van der Waals surface area contributed by atoms with Crippen LogP contribution in [0.15, 0.2) is 41.9 Å². The van der Waals surface area contributed by atoms with Crippen molar-refractivity contribution in [2.75, 3.05) is 33.4 Å². The number of likely N-dealkylation sites (tertiary alicyclic amines) is 1. The maximum Gasteiger partial charge on any atom is 0.119 e. The van der Waals surface area contributed by atoms with Crippen molar-refractivity contribution >= 4 is 33.8 Å². The molecule has 0 saturated carbocycles. The van der Waals surface area contributed by atoms with Crippen molar-refractivity contribution < 1.29 is 14.9 Å². The van der Waals surface area contributed by atoms with Gasteiger partial charge in [0.25, 0.3) is 0 Å². The summed E-state index contributed by atoms with van der Waals surface area (Å²) in [5, 5.41) is 24.6. The molecule has 0 radical (unpaired) electrons. The van der Waals surface area contributed by atoms with E-state index in [-0.39, 0.29) is 12.0 Å². The molecule has 1 fully saturated rings. The molecule has 174 valence electrons. The summed E-state index contributed by atoms with van der Waals surface area (Å²) in [5.74, 6) is 7.17. The number of aliphatic hydroxyl groups excluding tert-OH is 2. The average molecular weight is 485 g/mol. The Bertz CT molecular complexity index is 1130. The van der Waals surface area contributed by atoms with Crippen LogP contribution in [0.4, 0.5) is 0 Å². The lowest BCUT2D eigenvalue weighted by molar-refractivity contribution is 0.0273. The smallest absolute Gasteiger partial charge is 0.119 e. The van der Waals surface area contributed by atoms with E-state index < -0.39 is 6.10 Å². The number of fused-ring (bicyclic) bond motifs is 1. The van der Waals surface area contributed by atoms with E-state index in [1.807, 2.05) is 35.7 Å². The Balaban J connectivity index is 1.39. The third-order valence-corrected chi connectivity index (χ3v) is 7.72. The van der Waals surface area contributed by atoms with Crippen LogP contribution in [0.25, 0.3) is 10.9 Å². The van der Waals surface area contributed by atoms with Crippen LogP contribution in [-0.4, -0.2) is 53.4 Å². The molecule has 1 saturated heterocycles. The summed E-state index contributed by atoms with van der Waals surface area (Å²) in [6.45, 7) is 2.65. The Morgan fingerprint density at radius 1 is 1.30 bits per heavy atom. The number of hydrogen-bond donors (Lipinski definition) is 2. The van der Waals surface area contributed by atoms with Gasteiger partial charge >= 0.3 is 0 Å². The van der Waals surface area contributed by atoms with Gasteiger partial charge in [-0.3, -0.25) is 9.88 Å². The van der Waals surface area contributed by atoms with Crippen LogP contribution in [0.3, 0.4) is 0 Å². The highest BCUT2D eigenvalue weighted by atomic mass is 35.5. The maximum absolute atomic E-state index is 11.1. The van der Waals surface area contributed by atoms with Gasteiger partial charge in [0.1, 0.15) is 5.75 Å². The van der Waals surface area contributed by atoms with Gasteiger partial charge in [-0.15, -0.1) is 11.3 Å². The molecule has 0 aliphatic carbocycles. The van der Waals surface area contributed by atoms with E-state index in [2.05, 4.69) is 21.7 Å². The first-order valence-corrected chi connectivity index (χ1v) is 12.5. The SMILES string of the molecule is COc1ccc2ncc(Cl)c([C@H](O)CCC3(CO)CCN(CC#Cc4cccs4)CC3)c2c1. The van der Waals surface area contributed by atoms with Gasteiger partial charge in [0.15, 0.2) is 0 Å². The molecular weight excluding hydrogens is 456 g/mol. The largest absolute Gasteiger partial charge is 0.497 e. The summed E-state index contributed by atoms with van der Waals surface area (Å²) in [4.78, 5) is 7.80. The average Bonchev–Trinajstić information content (AvgIpc) is 3.36. The molecule has 1 aliphatic heterocycles. The molecule has 0 unspecified atom stereocenters. The van der Waals surface area contributed by atoms with Crippen LogP contribution in [0.5, 0.6) is 5.75 Å². The second kappa shape index (κ2) is 10.9. The Hall–Kier alpha value is -2.14. The molecule has 1 aromatic carbocycles. The Labute approximate surface area is 204 Å². The minimum atomic E-state index is -0.742. The fraction of sp³-hybridized carbons (Fsp3) is 0.423. The summed E-state index contributed by atoms with van der Waals surface area (Å²) in [5.41, 5.74) is 1.25. The summed E-state index contributed by atoms with van der Waals surface area (Å²) >= 11 is 8.11. The van der Waals surface area contributed by atoms with Crippen molar-refractivity contribution in [1.29, 1.82) is 0 Å². The number of piperidine rings is 1. The van der Waals surface area contributed by atoms with Gasteiger partial charge in [0, 0.05) is 23.8 Å². The lowest BCUT2D eigenvalue weighted by atomic mass is 9.74.